The first kappa shape index (κ1) is 18.4. The molecule has 8 heteroatoms. The number of hydrogen-bond donors (Lipinski definition) is 0. The maximum atomic E-state index is 14.5. The van der Waals surface area contributed by atoms with E-state index in [1.165, 1.54) is 27.2 Å². The molecular weight excluding hydrogens is 345 g/mol. The molecule has 0 bridgehead atoms. The topological polar surface area (TPSA) is 44.8 Å². The lowest BCUT2D eigenvalue weighted by Gasteiger charge is -2.17. The van der Waals surface area contributed by atoms with Gasteiger partial charge in [-0.05, 0) is 6.07 Å². The Balaban J connectivity index is 2.46. The lowest BCUT2D eigenvalue weighted by Crippen LogP contribution is -2.22. The van der Waals surface area contributed by atoms with Crippen LogP contribution >= 0.6 is 11.3 Å². The fourth-order valence-electron chi connectivity index (χ4n) is 2.39. The molecule has 0 saturated carbocycles. The Morgan fingerprint density at radius 1 is 1.25 bits per heavy atom. The van der Waals surface area contributed by atoms with Gasteiger partial charge in [0.25, 0.3) is 5.92 Å². The first-order valence-electron chi connectivity index (χ1n) is 7.05. The molecule has 0 unspecified atom stereocenters. The molecule has 1 aromatic carbocycles. The molecule has 0 aliphatic carbocycles. The third kappa shape index (κ3) is 3.28. The second-order valence-corrected chi connectivity index (χ2v) is 6.37. The van der Waals surface area contributed by atoms with Crippen molar-refractivity contribution in [3.63, 3.8) is 0 Å². The molecule has 24 heavy (non-hydrogen) atoms. The summed E-state index contributed by atoms with van der Waals surface area (Å²) < 4.78 is 58.1. The molecule has 0 aliphatic heterocycles. The molecule has 0 aliphatic rings. The van der Waals surface area contributed by atoms with Crippen molar-refractivity contribution in [3.8, 4) is 11.5 Å². The summed E-state index contributed by atoms with van der Waals surface area (Å²) in [7, 11) is 3.75. The Morgan fingerprint density at radius 2 is 1.92 bits per heavy atom. The molecular formula is C16H17F3O4S. The van der Waals surface area contributed by atoms with Gasteiger partial charge in [-0.25, -0.2) is 13.2 Å². The molecule has 0 radical (unpaired) electrons. The number of halogens is 3. The van der Waals surface area contributed by atoms with E-state index in [0.717, 1.165) is 24.5 Å². The number of ether oxygens (including phenoxy) is 3. The lowest BCUT2D eigenvalue weighted by atomic mass is 10.0. The highest BCUT2D eigenvalue weighted by molar-refractivity contribution is 7.19. The summed E-state index contributed by atoms with van der Waals surface area (Å²) in [4.78, 5) is 11.0. The predicted molar refractivity (Wildman–Crippen MR) is 84.6 cm³/mol. The fourth-order valence-corrected chi connectivity index (χ4v) is 3.46. The third-order valence-corrected chi connectivity index (χ3v) is 4.83. The van der Waals surface area contributed by atoms with Crippen LogP contribution in [0.25, 0.3) is 10.1 Å². The minimum atomic E-state index is -3.29. The first-order valence-corrected chi connectivity index (χ1v) is 7.87. The van der Waals surface area contributed by atoms with E-state index in [1.54, 1.807) is 0 Å². The number of esters is 1. The van der Waals surface area contributed by atoms with Crippen LogP contribution in [0.5, 0.6) is 11.5 Å². The molecule has 1 aromatic heterocycles. The monoisotopic (exact) mass is 362 g/mol. The van der Waals surface area contributed by atoms with E-state index in [2.05, 4.69) is 4.74 Å². The van der Waals surface area contributed by atoms with Gasteiger partial charge in [0, 0.05) is 22.6 Å². The van der Waals surface area contributed by atoms with Crippen LogP contribution in [0.4, 0.5) is 13.2 Å². The van der Waals surface area contributed by atoms with Crippen molar-refractivity contribution in [1.29, 1.82) is 0 Å². The van der Waals surface area contributed by atoms with E-state index < -0.39 is 30.0 Å². The highest BCUT2D eigenvalue weighted by Crippen LogP contribution is 2.45. The number of carbonyl (C=O) groups is 1. The Labute approximate surface area is 141 Å². The maximum absolute atomic E-state index is 14.5. The van der Waals surface area contributed by atoms with Crippen molar-refractivity contribution in [1.82, 2.24) is 0 Å². The van der Waals surface area contributed by atoms with E-state index in [1.807, 2.05) is 0 Å². The SMILES string of the molecule is COC(=O)[C@@H](C)CC(F)(F)c1cc2c(F)c(OC)c(OC)cc2s1. The van der Waals surface area contributed by atoms with E-state index >= 15 is 0 Å². The summed E-state index contributed by atoms with van der Waals surface area (Å²) in [6.07, 6.45) is -0.720. The fraction of sp³-hybridized carbons (Fsp3) is 0.438. The van der Waals surface area contributed by atoms with E-state index in [-0.39, 0.29) is 21.8 Å². The summed E-state index contributed by atoms with van der Waals surface area (Å²) in [5.41, 5.74) is 0. The molecule has 1 heterocycles. The van der Waals surface area contributed by atoms with E-state index in [9.17, 15) is 18.0 Å². The summed E-state index contributed by atoms with van der Waals surface area (Å²) in [5.74, 6) is -5.76. The standard InChI is InChI=1S/C16H17F3O4S/c1-8(15(20)23-4)7-16(18,19)12-5-9-11(24-12)6-10(21-2)14(22-3)13(9)17/h5-6,8H,7H2,1-4H3/t8-/m0/s1. The summed E-state index contributed by atoms with van der Waals surface area (Å²) in [6.45, 7) is 1.36. The Hall–Kier alpha value is -1.96. The Bertz CT molecular complexity index is 757. The number of thiophene rings is 1. The second-order valence-electron chi connectivity index (χ2n) is 5.28. The van der Waals surface area contributed by atoms with Crippen molar-refractivity contribution in [2.75, 3.05) is 21.3 Å². The number of alkyl halides is 2. The summed E-state index contributed by atoms with van der Waals surface area (Å²) in [6, 6.07) is 2.53. The van der Waals surface area contributed by atoms with Gasteiger partial charge < -0.3 is 14.2 Å². The predicted octanol–water partition coefficient (Wildman–Crippen LogP) is 4.35. The van der Waals surface area contributed by atoms with Crippen LogP contribution in [0.15, 0.2) is 12.1 Å². The zero-order valence-corrected chi connectivity index (χ0v) is 14.4. The van der Waals surface area contributed by atoms with Gasteiger partial charge in [-0.3, -0.25) is 4.79 Å². The molecule has 0 N–H and O–H groups in total. The minimum absolute atomic E-state index is 0.0260. The number of rotatable bonds is 6. The maximum Gasteiger partial charge on any atom is 0.308 e. The average molecular weight is 362 g/mol. The van der Waals surface area contributed by atoms with Gasteiger partial charge in [-0.1, -0.05) is 6.92 Å². The van der Waals surface area contributed by atoms with Crippen LogP contribution in [-0.4, -0.2) is 27.3 Å². The quantitative estimate of drug-likeness (QED) is 0.717. The van der Waals surface area contributed by atoms with Crippen LogP contribution in [0.3, 0.4) is 0 Å². The summed E-state index contributed by atoms with van der Waals surface area (Å²) in [5, 5.41) is 0.0260. The highest BCUT2D eigenvalue weighted by Gasteiger charge is 2.38. The Morgan fingerprint density at radius 3 is 2.46 bits per heavy atom. The van der Waals surface area contributed by atoms with Gasteiger partial charge >= 0.3 is 5.97 Å². The zero-order valence-electron chi connectivity index (χ0n) is 13.6. The number of carbonyl (C=O) groups excluding carboxylic acids is 1. The lowest BCUT2D eigenvalue weighted by molar-refractivity contribution is -0.148. The van der Waals surface area contributed by atoms with Gasteiger partial charge in [-0.2, -0.15) is 0 Å². The van der Waals surface area contributed by atoms with E-state index in [4.69, 9.17) is 9.47 Å². The molecule has 2 aromatic rings. The molecule has 0 fully saturated rings. The highest BCUT2D eigenvalue weighted by atomic mass is 32.1. The van der Waals surface area contributed by atoms with Gasteiger partial charge in [0.15, 0.2) is 17.3 Å². The molecule has 0 saturated heterocycles. The number of benzene rings is 1. The molecule has 2 rings (SSSR count). The molecule has 132 valence electrons. The molecule has 0 spiro atoms. The number of methoxy groups -OCH3 is 3. The van der Waals surface area contributed by atoms with Crippen molar-refractivity contribution >= 4 is 27.4 Å². The zero-order chi connectivity index (χ0) is 18.1. The van der Waals surface area contributed by atoms with Crippen LogP contribution in [0.2, 0.25) is 0 Å². The van der Waals surface area contributed by atoms with E-state index in [0.29, 0.717) is 4.70 Å². The van der Waals surface area contributed by atoms with Crippen molar-refractivity contribution in [2.24, 2.45) is 5.92 Å². The van der Waals surface area contributed by atoms with Crippen molar-refractivity contribution in [3.05, 3.63) is 22.8 Å². The van der Waals surface area contributed by atoms with Gasteiger partial charge in [0.1, 0.15) is 0 Å². The third-order valence-electron chi connectivity index (χ3n) is 3.63. The van der Waals surface area contributed by atoms with Crippen LogP contribution in [-0.2, 0) is 15.5 Å². The molecule has 4 nitrogen and oxygen atoms in total. The van der Waals surface area contributed by atoms with Gasteiger partial charge in [-0.15, -0.1) is 11.3 Å². The van der Waals surface area contributed by atoms with Gasteiger partial charge in [0.05, 0.1) is 32.1 Å². The average Bonchev–Trinajstić information content (AvgIpc) is 2.98. The van der Waals surface area contributed by atoms with Crippen molar-refractivity contribution < 1.29 is 32.2 Å². The minimum Gasteiger partial charge on any atom is -0.493 e. The summed E-state index contributed by atoms with van der Waals surface area (Å²) >= 11 is 0.751. The normalized spacial score (nSPS) is 13.0. The van der Waals surface area contributed by atoms with Crippen LogP contribution in [0, 0.1) is 11.7 Å². The number of fused-ring (bicyclic) bond motifs is 1. The van der Waals surface area contributed by atoms with Crippen molar-refractivity contribution in [2.45, 2.75) is 19.3 Å². The molecule has 1 atom stereocenters. The Kier molecular flexibility index (Phi) is 5.27. The van der Waals surface area contributed by atoms with Crippen LogP contribution in [0.1, 0.15) is 18.2 Å². The first-order chi connectivity index (χ1) is 11.2. The van der Waals surface area contributed by atoms with Crippen LogP contribution < -0.4 is 9.47 Å². The smallest absolute Gasteiger partial charge is 0.308 e. The largest absolute Gasteiger partial charge is 0.493 e. The molecule has 0 amide bonds. The number of hydrogen-bond acceptors (Lipinski definition) is 5. The second kappa shape index (κ2) is 6.88. The van der Waals surface area contributed by atoms with Gasteiger partial charge in [0.2, 0.25) is 0 Å².